The first kappa shape index (κ1) is 16.0. The molecule has 7 heteroatoms. The van der Waals surface area contributed by atoms with E-state index >= 15 is 0 Å². The summed E-state index contributed by atoms with van der Waals surface area (Å²) >= 11 is 0. The summed E-state index contributed by atoms with van der Waals surface area (Å²) < 4.78 is 0. The lowest BCUT2D eigenvalue weighted by molar-refractivity contribution is -0.120. The van der Waals surface area contributed by atoms with Gasteiger partial charge in [-0.2, -0.15) is 5.10 Å². The molecule has 0 spiro atoms. The fourth-order valence-corrected chi connectivity index (χ4v) is 1.71. The highest BCUT2D eigenvalue weighted by Gasteiger charge is 2.06. The van der Waals surface area contributed by atoms with Gasteiger partial charge in [-0.15, -0.1) is 0 Å². The molecule has 0 atom stereocenters. The summed E-state index contributed by atoms with van der Waals surface area (Å²) in [6.07, 6.45) is 1.23. The van der Waals surface area contributed by atoms with E-state index < -0.39 is 5.91 Å². The highest BCUT2D eigenvalue weighted by molar-refractivity contribution is 5.96. The van der Waals surface area contributed by atoms with Gasteiger partial charge in [0, 0.05) is 17.2 Å². The molecule has 118 valence electrons. The average molecular weight is 313 g/mol. The summed E-state index contributed by atoms with van der Waals surface area (Å²) in [6.45, 7) is -0.230. The predicted molar refractivity (Wildman–Crippen MR) is 84.3 cm³/mol. The SMILES string of the molecule is O=C(CNC(=O)c1ccccc1)N/N=C/c1ccc(O)cc1O. The molecule has 0 aliphatic carbocycles. The molecule has 0 aromatic heterocycles. The predicted octanol–water partition coefficient (Wildman–Crippen LogP) is 0.978. The van der Waals surface area contributed by atoms with Gasteiger partial charge in [0.1, 0.15) is 11.5 Å². The van der Waals surface area contributed by atoms with Gasteiger partial charge in [0.05, 0.1) is 12.8 Å². The molecule has 0 aliphatic heterocycles. The van der Waals surface area contributed by atoms with Gasteiger partial charge in [-0.1, -0.05) is 18.2 Å². The maximum atomic E-state index is 11.7. The Kier molecular flexibility index (Phi) is 5.30. The van der Waals surface area contributed by atoms with Crippen LogP contribution in [0.25, 0.3) is 0 Å². The lowest BCUT2D eigenvalue weighted by Crippen LogP contribution is -2.34. The Morgan fingerprint density at radius 3 is 2.52 bits per heavy atom. The molecule has 0 fully saturated rings. The molecule has 0 bridgehead atoms. The molecule has 23 heavy (non-hydrogen) atoms. The molecule has 0 radical (unpaired) electrons. The number of aromatic hydroxyl groups is 2. The molecule has 2 amide bonds. The van der Waals surface area contributed by atoms with Crippen LogP contribution in [-0.4, -0.2) is 34.8 Å². The summed E-state index contributed by atoms with van der Waals surface area (Å²) in [5, 5.41) is 24.8. The van der Waals surface area contributed by atoms with Crippen molar-refractivity contribution >= 4 is 18.0 Å². The summed E-state index contributed by atoms with van der Waals surface area (Å²) in [6, 6.07) is 12.5. The number of hydrazone groups is 1. The molecule has 2 rings (SSSR count). The highest BCUT2D eigenvalue weighted by atomic mass is 16.3. The number of amides is 2. The van der Waals surface area contributed by atoms with Crippen LogP contribution in [0, 0.1) is 0 Å². The van der Waals surface area contributed by atoms with Crippen LogP contribution in [0.2, 0.25) is 0 Å². The molecule has 2 aromatic carbocycles. The minimum absolute atomic E-state index is 0.0766. The number of hydrogen-bond acceptors (Lipinski definition) is 5. The standard InChI is InChI=1S/C16H15N3O4/c20-13-7-6-12(14(21)8-13)9-18-19-15(22)10-17-16(23)11-4-2-1-3-5-11/h1-9,20-21H,10H2,(H,17,23)(H,19,22)/b18-9+. The Morgan fingerprint density at radius 1 is 1.09 bits per heavy atom. The molecule has 2 aromatic rings. The zero-order valence-electron chi connectivity index (χ0n) is 12.1. The van der Waals surface area contributed by atoms with Crippen LogP contribution >= 0.6 is 0 Å². The second kappa shape index (κ2) is 7.60. The number of nitrogens with one attached hydrogen (secondary N) is 2. The average Bonchev–Trinajstić information content (AvgIpc) is 2.55. The third kappa shape index (κ3) is 4.85. The van der Waals surface area contributed by atoms with Gasteiger partial charge in [0.15, 0.2) is 0 Å². The van der Waals surface area contributed by atoms with Crippen molar-refractivity contribution in [1.82, 2.24) is 10.7 Å². The molecule has 0 saturated heterocycles. The van der Waals surface area contributed by atoms with Gasteiger partial charge in [0.25, 0.3) is 11.8 Å². The summed E-state index contributed by atoms with van der Waals surface area (Å²) in [5.74, 6) is -1.11. The monoisotopic (exact) mass is 313 g/mol. The highest BCUT2D eigenvalue weighted by Crippen LogP contribution is 2.20. The first-order chi connectivity index (χ1) is 11.1. The lowest BCUT2D eigenvalue weighted by Gasteiger charge is -2.04. The van der Waals surface area contributed by atoms with Crippen molar-refractivity contribution in [3.05, 3.63) is 59.7 Å². The minimum Gasteiger partial charge on any atom is -0.508 e. The number of carbonyl (C=O) groups is 2. The minimum atomic E-state index is -0.510. The van der Waals surface area contributed by atoms with E-state index in [0.29, 0.717) is 11.1 Å². The van der Waals surface area contributed by atoms with Crippen LogP contribution in [0.3, 0.4) is 0 Å². The number of hydrogen-bond donors (Lipinski definition) is 4. The van der Waals surface area contributed by atoms with Gasteiger partial charge >= 0.3 is 0 Å². The molecule has 0 unspecified atom stereocenters. The van der Waals surface area contributed by atoms with E-state index in [2.05, 4.69) is 15.8 Å². The maximum Gasteiger partial charge on any atom is 0.259 e. The fraction of sp³-hybridized carbons (Fsp3) is 0.0625. The van der Waals surface area contributed by atoms with Crippen molar-refractivity contribution in [3.63, 3.8) is 0 Å². The van der Waals surface area contributed by atoms with E-state index in [-0.39, 0.29) is 24.0 Å². The Labute approximate surface area is 132 Å². The van der Waals surface area contributed by atoms with E-state index in [4.69, 9.17) is 5.11 Å². The number of phenols is 2. The third-order valence-electron chi connectivity index (χ3n) is 2.85. The summed E-state index contributed by atoms with van der Waals surface area (Å²) in [5.41, 5.74) is 3.01. The van der Waals surface area contributed by atoms with Gasteiger partial charge in [-0.05, 0) is 24.3 Å². The van der Waals surface area contributed by atoms with Crippen molar-refractivity contribution in [2.45, 2.75) is 0 Å². The Morgan fingerprint density at radius 2 is 1.83 bits per heavy atom. The number of phenolic OH excluding ortho intramolecular Hbond substituents is 2. The van der Waals surface area contributed by atoms with E-state index in [1.54, 1.807) is 30.3 Å². The molecule has 0 aliphatic rings. The van der Waals surface area contributed by atoms with E-state index in [9.17, 15) is 14.7 Å². The zero-order valence-corrected chi connectivity index (χ0v) is 12.1. The smallest absolute Gasteiger partial charge is 0.259 e. The van der Waals surface area contributed by atoms with Gasteiger partial charge in [0.2, 0.25) is 0 Å². The third-order valence-corrected chi connectivity index (χ3v) is 2.85. The molecule has 0 heterocycles. The van der Waals surface area contributed by atoms with Crippen molar-refractivity contribution in [3.8, 4) is 11.5 Å². The summed E-state index contributed by atoms with van der Waals surface area (Å²) in [4.78, 5) is 23.3. The first-order valence-electron chi connectivity index (χ1n) is 6.73. The molecular weight excluding hydrogens is 298 g/mol. The second-order valence-corrected chi connectivity index (χ2v) is 4.59. The van der Waals surface area contributed by atoms with Gasteiger partial charge < -0.3 is 15.5 Å². The summed E-state index contributed by atoms with van der Waals surface area (Å²) in [7, 11) is 0. The quantitative estimate of drug-likeness (QED) is 0.487. The van der Waals surface area contributed by atoms with Crippen LogP contribution in [0.15, 0.2) is 53.6 Å². The molecular formula is C16H15N3O4. The van der Waals surface area contributed by atoms with Crippen molar-refractivity contribution in [2.24, 2.45) is 5.10 Å². The zero-order chi connectivity index (χ0) is 16.7. The van der Waals surface area contributed by atoms with Crippen LogP contribution in [-0.2, 0) is 4.79 Å². The van der Waals surface area contributed by atoms with E-state index in [1.807, 2.05) is 0 Å². The van der Waals surface area contributed by atoms with Gasteiger partial charge in [-0.25, -0.2) is 5.43 Å². The Hall–Kier alpha value is -3.35. The van der Waals surface area contributed by atoms with Crippen molar-refractivity contribution in [1.29, 1.82) is 0 Å². The lowest BCUT2D eigenvalue weighted by atomic mass is 10.2. The van der Waals surface area contributed by atoms with Crippen LogP contribution in [0.4, 0.5) is 0 Å². The fourth-order valence-electron chi connectivity index (χ4n) is 1.71. The molecule has 7 nitrogen and oxygen atoms in total. The maximum absolute atomic E-state index is 11.7. The van der Waals surface area contributed by atoms with E-state index in [1.165, 1.54) is 18.3 Å². The second-order valence-electron chi connectivity index (χ2n) is 4.59. The number of benzene rings is 2. The molecule has 0 saturated carbocycles. The van der Waals surface area contributed by atoms with Crippen LogP contribution < -0.4 is 10.7 Å². The Bertz CT molecular complexity index is 729. The van der Waals surface area contributed by atoms with Crippen LogP contribution in [0.5, 0.6) is 11.5 Å². The first-order valence-corrected chi connectivity index (χ1v) is 6.73. The number of carbonyl (C=O) groups excluding carboxylic acids is 2. The van der Waals surface area contributed by atoms with E-state index in [0.717, 1.165) is 6.07 Å². The van der Waals surface area contributed by atoms with Crippen molar-refractivity contribution < 1.29 is 19.8 Å². The van der Waals surface area contributed by atoms with Gasteiger partial charge in [-0.3, -0.25) is 9.59 Å². The Balaban J connectivity index is 1.81. The largest absolute Gasteiger partial charge is 0.508 e. The topological polar surface area (TPSA) is 111 Å². The number of rotatable bonds is 5. The normalized spacial score (nSPS) is 10.4. The molecule has 4 N–H and O–H groups in total. The van der Waals surface area contributed by atoms with Crippen molar-refractivity contribution in [2.75, 3.05) is 6.54 Å². The van der Waals surface area contributed by atoms with Crippen LogP contribution in [0.1, 0.15) is 15.9 Å². The number of nitrogens with zero attached hydrogens (tertiary/aromatic N) is 1.